The Morgan fingerprint density at radius 3 is 3.00 bits per heavy atom. The average Bonchev–Trinajstić information content (AvgIpc) is 2.55. The largest absolute Gasteiger partial charge is 0.465 e. The summed E-state index contributed by atoms with van der Waals surface area (Å²) in [5.74, 6) is 0.612. The Balaban J connectivity index is 2.93. The second-order valence-corrected chi connectivity index (χ2v) is 2.70. The zero-order chi connectivity index (χ0) is 10.6. The number of furan rings is 1. The van der Waals surface area contributed by atoms with Crippen molar-refractivity contribution in [1.29, 1.82) is 0 Å². The molecule has 14 heavy (non-hydrogen) atoms. The molecule has 76 valence electrons. The Morgan fingerprint density at radius 1 is 1.71 bits per heavy atom. The molecular weight excluding hydrogens is 184 g/mol. The topological polar surface area (TPSA) is 59.7 Å². The first kappa shape index (κ1) is 10.5. The third-order valence-electron chi connectivity index (χ3n) is 1.73. The molecule has 1 rings (SSSR count). The quantitative estimate of drug-likeness (QED) is 0.742. The molecule has 0 aromatic carbocycles. The summed E-state index contributed by atoms with van der Waals surface area (Å²) in [6, 6.07) is 1.58. The summed E-state index contributed by atoms with van der Waals surface area (Å²) >= 11 is 0. The van der Waals surface area contributed by atoms with Crippen LogP contribution >= 0.6 is 0 Å². The molecule has 0 atom stereocenters. The lowest BCUT2D eigenvalue weighted by atomic mass is 10.2. The number of methoxy groups -OCH3 is 1. The molecule has 1 heterocycles. The van der Waals surface area contributed by atoms with Gasteiger partial charge in [-0.25, -0.2) is 4.79 Å². The maximum absolute atomic E-state index is 11.2. The van der Waals surface area contributed by atoms with Crippen molar-refractivity contribution in [2.45, 2.75) is 6.92 Å². The number of aliphatic hydroxyl groups is 1. The van der Waals surface area contributed by atoms with Gasteiger partial charge in [0.1, 0.15) is 17.1 Å². The fourth-order valence-electron chi connectivity index (χ4n) is 1.07. The molecule has 1 aromatic heterocycles. The Kier molecular flexibility index (Phi) is 3.48. The van der Waals surface area contributed by atoms with Crippen LogP contribution in [0.1, 0.15) is 21.9 Å². The number of aryl methyl sites for hydroxylation is 1. The molecule has 0 aliphatic carbocycles. The van der Waals surface area contributed by atoms with E-state index in [1.54, 1.807) is 19.1 Å². The normalized spacial score (nSPS) is 10.8. The predicted octanol–water partition coefficient (Wildman–Crippen LogP) is 1.38. The lowest BCUT2D eigenvalue weighted by molar-refractivity contribution is 0.0599. The van der Waals surface area contributed by atoms with Gasteiger partial charge in [-0.1, -0.05) is 6.08 Å². The number of hydrogen-bond acceptors (Lipinski definition) is 4. The third kappa shape index (κ3) is 2.23. The van der Waals surface area contributed by atoms with Crippen LogP contribution in [0.15, 0.2) is 16.6 Å². The molecule has 0 saturated carbocycles. The van der Waals surface area contributed by atoms with Crippen LogP contribution in [0.3, 0.4) is 0 Å². The summed E-state index contributed by atoms with van der Waals surface area (Å²) < 4.78 is 9.80. The number of ether oxygens (including phenoxy) is 1. The molecule has 1 N–H and O–H groups in total. The van der Waals surface area contributed by atoms with Crippen molar-refractivity contribution in [2.75, 3.05) is 13.7 Å². The zero-order valence-electron chi connectivity index (χ0n) is 8.11. The summed E-state index contributed by atoms with van der Waals surface area (Å²) in [4.78, 5) is 11.2. The van der Waals surface area contributed by atoms with Gasteiger partial charge in [0.05, 0.1) is 13.7 Å². The molecule has 4 nitrogen and oxygen atoms in total. The molecule has 1 aromatic rings. The minimum Gasteiger partial charge on any atom is -0.465 e. The molecular formula is C10H12O4. The minimum absolute atomic E-state index is 0.0622. The van der Waals surface area contributed by atoms with Crippen LogP contribution < -0.4 is 0 Å². The van der Waals surface area contributed by atoms with Crippen LogP contribution in [0.2, 0.25) is 0 Å². The van der Waals surface area contributed by atoms with Crippen molar-refractivity contribution in [3.63, 3.8) is 0 Å². The maximum atomic E-state index is 11.2. The van der Waals surface area contributed by atoms with Gasteiger partial charge in [0.2, 0.25) is 0 Å². The van der Waals surface area contributed by atoms with Crippen molar-refractivity contribution < 1.29 is 19.1 Å². The zero-order valence-corrected chi connectivity index (χ0v) is 8.11. The van der Waals surface area contributed by atoms with Gasteiger partial charge in [-0.15, -0.1) is 0 Å². The lowest BCUT2D eigenvalue weighted by Crippen LogP contribution is -2.00. The van der Waals surface area contributed by atoms with Crippen LogP contribution in [0.4, 0.5) is 0 Å². The minimum atomic E-state index is -0.421. The van der Waals surface area contributed by atoms with Crippen molar-refractivity contribution in [3.8, 4) is 0 Å². The molecule has 4 heteroatoms. The van der Waals surface area contributed by atoms with Gasteiger partial charge in [0, 0.05) is 0 Å². The fraction of sp³-hybridized carbons (Fsp3) is 0.300. The first-order valence-electron chi connectivity index (χ1n) is 4.15. The van der Waals surface area contributed by atoms with Gasteiger partial charge in [0.15, 0.2) is 0 Å². The first-order valence-corrected chi connectivity index (χ1v) is 4.15. The highest BCUT2D eigenvalue weighted by Gasteiger charge is 2.13. The van der Waals surface area contributed by atoms with Crippen molar-refractivity contribution in [2.24, 2.45) is 0 Å². The van der Waals surface area contributed by atoms with Crippen LogP contribution in [-0.4, -0.2) is 24.8 Å². The van der Waals surface area contributed by atoms with E-state index in [1.807, 2.05) is 0 Å². The Bertz CT molecular complexity index is 349. The molecule has 0 aliphatic rings. The van der Waals surface area contributed by atoms with Crippen LogP contribution in [0.25, 0.3) is 6.08 Å². The van der Waals surface area contributed by atoms with Gasteiger partial charge in [-0.05, 0) is 19.1 Å². The Morgan fingerprint density at radius 2 is 2.43 bits per heavy atom. The van der Waals surface area contributed by atoms with E-state index in [1.165, 1.54) is 13.2 Å². The third-order valence-corrected chi connectivity index (χ3v) is 1.73. The van der Waals surface area contributed by atoms with E-state index in [0.29, 0.717) is 17.1 Å². The standard InChI is InChI=1S/C10H12O4/c1-7-9(10(12)13-2)6-8(14-7)4-3-5-11/h3-4,6,11H,5H2,1-2H3. The number of carbonyl (C=O) groups is 1. The smallest absolute Gasteiger partial charge is 0.341 e. The lowest BCUT2D eigenvalue weighted by Gasteiger charge is -1.93. The number of hydrogen-bond donors (Lipinski definition) is 1. The monoisotopic (exact) mass is 196 g/mol. The summed E-state index contributed by atoms with van der Waals surface area (Å²) in [6.45, 7) is 1.62. The Hall–Kier alpha value is -1.55. The average molecular weight is 196 g/mol. The van der Waals surface area contributed by atoms with E-state index in [0.717, 1.165) is 0 Å². The molecule has 0 amide bonds. The van der Waals surface area contributed by atoms with E-state index in [-0.39, 0.29) is 6.61 Å². The van der Waals surface area contributed by atoms with E-state index in [2.05, 4.69) is 4.74 Å². The molecule has 0 spiro atoms. The van der Waals surface area contributed by atoms with Crippen molar-refractivity contribution in [3.05, 3.63) is 29.2 Å². The van der Waals surface area contributed by atoms with Gasteiger partial charge >= 0.3 is 5.97 Å². The number of aliphatic hydroxyl groups excluding tert-OH is 1. The summed E-state index contributed by atoms with van der Waals surface area (Å²) in [7, 11) is 1.32. The second-order valence-electron chi connectivity index (χ2n) is 2.70. The molecule has 0 saturated heterocycles. The molecule has 0 aliphatic heterocycles. The van der Waals surface area contributed by atoms with E-state index < -0.39 is 5.97 Å². The predicted molar refractivity (Wildman–Crippen MR) is 50.9 cm³/mol. The van der Waals surface area contributed by atoms with Gasteiger partial charge < -0.3 is 14.3 Å². The maximum Gasteiger partial charge on any atom is 0.341 e. The van der Waals surface area contributed by atoms with Crippen molar-refractivity contribution >= 4 is 12.0 Å². The highest BCUT2D eigenvalue weighted by molar-refractivity contribution is 5.90. The summed E-state index contributed by atoms with van der Waals surface area (Å²) in [5, 5.41) is 8.54. The number of esters is 1. The summed E-state index contributed by atoms with van der Waals surface area (Å²) in [5.41, 5.74) is 0.407. The van der Waals surface area contributed by atoms with Gasteiger partial charge in [-0.3, -0.25) is 0 Å². The number of rotatable bonds is 3. The number of carbonyl (C=O) groups excluding carboxylic acids is 1. The van der Waals surface area contributed by atoms with Crippen LogP contribution in [-0.2, 0) is 4.74 Å². The van der Waals surface area contributed by atoms with Gasteiger partial charge in [0.25, 0.3) is 0 Å². The molecule has 0 radical (unpaired) electrons. The molecule has 0 unspecified atom stereocenters. The molecule has 0 bridgehead atoms. The SMILES string of the molecule is COC(=O)c1cc(C=CCO)oc1C. The van der Waals surface area contributed by atoms with E-state index >= 15 is 0 Å². The first-order chi connectivity index (χ1) is 6.69. The summed E-state index contributed by atoms with van der Waals surface area (Å²) in [6.07, 6.45) is 3.12. The highest BCUT2D eigenvalue weighted by atomic mass is 16.5. The Labute approximate surface area is 81.8 Å². The second kappa shape index (κ2) is 4.62. The highest BCUT2D eigenvalue weighted by Crippen LogP contribution is 2.16. The molecule has 0 fully saturated rings. The van der Waals surface area contributed by atoms with Crippen LogP contribution in [0.5, 0.6) is 0 Å². The van der Waals surface area contributed by atoms with E-state index in [4.69, 9.17) is 9.52 Å². The van der Waals surface area contributed by atoms with E-state index in [9.17, 15) is 4.79 Å². The van der Waals surface area contributed by atoms with Gasteiger partial charge in [-0.2, -0.15) is 0 Å². The van der Waals surface area contributed by atoms with Crippen LogP contribution in [0, 0.1) is 6.92 Å². The van der Waals surface area contributed by atoms with Crippen molar-refractivity contribution in [1.82, 2.24) is 0 Å². The fourth-order valence-corrected chi connectivity index (χ4v) is 1.07.